The van der Waals surface area contributed by atoms with Crippen LogP contribution in [0.2, 0.25) is 0 Å². The van der Waals surface area contributed by atoms with Crippen LogP contribution >= 0.6 is 68.0 Å². The van der Waals surface area contributed by atoms with Crippen molar-refractivity contribution in [1.82, 2.24) is 56.2 Å². The third-order valence-corrected chi connectivity index (χ3v) is 18.4. The summed E-state index contributed by atoms with van der Waals surface area (Å²) in [7, 11) is 4.55. The van der Waals surface area contributed by atoms with Crippen molar-refractivity contribution in [1.29, 1.82) is 0 Å². The third kappa shape index (κ3) is 13.5. The van der Waals surface area contributed by atoms with Crippen molar-refractivity contribution < 1.29 is 43.3 Å². The van der Waals surface area contributed by atoms with Crippen LogP contribution in [0.25, 0.3) is 43.4 Å². The molecule has 21 nitrogen and oxygen atoms in total. The lowest BCUT2D eigenvalue weighted by Crippen LogP contribution is -2.40. The Kier molecular flexibility index (Phi) is 18.0. The second-order valence-electron chi connectivity index (χ2n) is 20.0. The summed E-state index contributed by atoms with van der Waals surface area (Å²) in [4.78, 5) is 119. The van der Waals surface area contributed by atoms with Gasteiger partial charge in [-0.05, 0) is 51.3 Å². The monoisotopic (exact) mass is 1210 g/mol. The Balaban J connectivity index is 1.13. The fourth-order valence-corrected chi connectivity index (χ4v) is 14.1. The molecule has 5 N–H and O–H groups in total. The Hall–Kier alpha value is -7.11. The fraction of sp³-hybridized carbons (Fsp3) is 0.352. The van der Waals surface area contributed by atoms with Crippen LogP contribution in [0, 0.1) is 12.8 Å². The SMILES string of the molecule is CNC(=O)CC1NC(=O)c2csc(n2)-c2ccc(-c3nc(N(C)C(=O)OC(C)(C)C)cs3)nc2-c2csc(n2)-c2csc(n2)C(C(O)c2ccccc2)NC(=O)CNC(=O)c2nc(sc2COC)C(C(C)C)CC(=O)c2nc1sc2C. The predicted molar refractivity (Wildman–Crippen MR) is 313 cm³/mol. The molecule has 0 aliphatic carbocycles. The molecule has 10 bridgehead atoms. The van der Waals surface area contributed by atoms with E-state index in [4.69, 9.17) is 44.4 Å². The average molecular weight is 1210 g/mol. The van der Waals surface area contributed by atoms with Crippen molar-refractivity contribution in [2.75, 3.05) is 32.6 Å². The van der Waals surface area contributed by atoms with Gasteiger partial charge in [0.2, 0.25) is 11.8 Å². The van der Waals surface area contributed by atoms with E-state index < -0.39 is 60.1 Å². The van der Waals surface area contributed by atoms with E-state index in [2.05, 4.69) is 21.3 Å². The van der Waals surface area contributed by atoms with Gasteiger partial charge in [-0.2, -0.15) is 0 Å². The van der Waals surface area contributed by atoms with Crippen molar-refractivity contribution in [2.45, 2.75) is 90.7 Å². The number of ketones is 1. The Morgan fingerprint density at radius 1 is 0.765 bits per heavy atom. The number of aliphatic hydroxyl groups is 1. The number of rotatable bonds is 9. The number of nitrogens with zero attached hydrogens (tertiary/aromatic N) is 8. The van der Waals surface area contributed by atoms with Crippen LogP contribution in [0.1, 0.15) is 133 Å². The summed E-state index contributed by atoms with van der Waals surface area (Å²) in [6, 6.07) is 10.4. The maximum absolute atomic E-state index is 14.3. The van der Waals surface area contributed by atoms with Gasteiger partial charge in [0.25, 0.3) is 11.8 Å². The van der Waals surface area contributed by atoms with Crippen LogP contribution in [0.15, 0.2) is 64.0 Å². The van der Waals surface area contributed by atoms with Gasteiger partial charge in [0.1, 0.15) is 82.8 Å². The van der Waals surface area contributed by atoms with Crippen LogP contribution in [0.4, 0.5) is 10.6 Å². The van der Waals surface area contributed by atoms with Crippen LogP contribution in [-0.4, -0.2) is 109 Å². The molecule has 422 valence electrons. The Morgan fingerprint density at radius 3 is 2.19 bits per heavy atom. The number of benzene rings is 1. The Morgan fingerprint density at radius 2 is 1.46 bits per heavy atom. The molecule has 0 saturated carbocycles. The normalized spacial score (nSPS) is 16.8. The molecule has 4 atom stereocenters. The number of aryl methyl sites for hydroxylation is 1. The number of fused-ring (bicyclic) bond motifs is 14. The molecule has 1 aliphatic heterocycles. The van der Waals surface area contributed by atoms with E-state index in [1.54, 1.807) is 92.7 Å². The number of amides is 5. The van der Waals surface area contributed by atoms with Crippen LogP contribution in [0.3, 0.4) is 0 Å². The molecule has 1 aliphatic rings. The van der Waals surface area contributed by atoms with Gasteiger partial charge in [-0.25, -0.2) is 39.7 Å². The summed E-state index contributed by atoms with van der Waals surface area (Å²) in [5.74, 6) is -2.77. The number of carbonyl (C=O) groups excluding carboxylic acids is 6. The molecule has 27 heteroatoms. The lowest BCUT2D eigenvalue weighted by Gasteiger charge is -2.23. The molecule has 1 aromatic carbocycles. The smallest absolute Gasteiger partial charge is 0.415 e. The maximum atomic E-state index is 14.3. The number of aromatic nitrogens is 7. The van der Waals surface area contributed by atoms with Gasteiger partial charge in [-0.15, -0.1) is 68.0 Å². The maximum Gasteiger partial charge on any atom is 0.415 e. The summed E-state index contributed by atoms with van der Waals surface area (Å²) in [6.45, 7) is 10.5. The molecular formula is C54H56N12O9S6. The summed E-state index contributed by atoms with van der Waals surface area (Å²) < 4.78 is 11.0. The van der Waals surface area contributed by atoms with Crippen molar-refractivity contribution in [3.05, 3.63) is 111 Å². The highest BCUT2D eigenvalue weighted by Crippen LogP contribution is 2.41. The number of pyridine rings is 1. The highest BCUT2D eigenvalue weighted by Gasteiger charge is 2.33. The van der Waals surface area contributed by atoms with Crippen LogP contribution in [-0.2, 0) is 25.7 Å². The standard InChI is InChI=1S/C54H56N12O9S6/c1-25(2)29-17-35(67)40-26(3)80-51(64-40)31(18-38(68)55-7)58-45(71)33-22-76-47(60-33)28-15-16-30(49-62-37(24-79-49)66(8)53(73)75-54(4,5)6)57-41(28)32-21-77-50(59-32)34-23-78-52(61-34)43(44(70)27-13-11-10-12-14-27)63-39(69)19-56-46(72)42-36(20-74-9)81-48(29)65-42/h10-16,21-25,29,31,43-44,70H,17-20H2,1-9H3,(H,55,68)(H,56,72)(H,58,71)(H,63,69). The van der Waals surface area contributed by atoms with Crippen molar-refractivity contribution in [3.63, 3.8) is 0 Å². The highest BCUT2D eigenvalue weighted by molar-refractivity contribution is 7.15. The first kappa shape index (κ1) is 58.5. The summed E-state index contributed by atoms with van der Waals surface area (Å²) >= 11 is 7.37. The molecule has 0 radical (unpaired) electrons. The lowest BCUT2D eigenvalue weighted by atomic mass is 9.90. The van der Waals surface area contributed by atoms with Gasteiger partial charge in [0.05, 0.1) is 41.2 Å². The molecule has 9 rings (SSSR count). The van der Waals surface area contributed by atoms with Crippen molar-refractivity contribution in [2.24, 2.45) is 5.92 Å². The number of anilines is 1. The molecular weight excluding hydrogens is 1150 g/mol. The minimum atomic E-state index is -1.26. The topological polar surface area (TPSA) is 283 Å². The minimum Gasteiger partial charge on any atom is -0.443 e. The molecule has 0 fully saturated rings. The summed E-state index contributed by atoms with van der Waals surface area (Å²) in [5, 5.41) is 32.5. The number of carbonyl (C=O) groups is 6. The number of ether oxygens (including phenoxy) is 2. The zero-order valence-corrected chi connectivity index (χ0v) is 50.2. The number of aliphatic hydroxyl groups excluding tert-OH is 1. The van der Waals surface area contributed by atoms with Crippen LogP contribution < -0.4 is 26.2 Å². The van der Waals surface area contributed by atoms with E-state index in [0.717, 1.165) is 0 Å². The van der Waals surface area contributed by atoms with E-state index in [-0.39, 0.29) is 54.1 Å². The van der Waals surface area contributed by atoms with Gasteiger partial charge in [0, 0.05) is 65.5 Å². The molecule has 4 unspecified atom stereocenters. The molecule has 7 aromatic heterocycles. The molecule has 81 heavy (non-hydrogen) atoms. The fourth-order valence-electron chi connectivity index (χ4n) is 8.41. The predicted octanol–water partition coefficient (Wildman–Crippen LogP) is 9.57. The number of Topliss-reactive ketones (excluding diaryl/α,β-unsaturated/α-hetero) is 1. The van der Waals surface area contributed by atoms with E-state index in [1.165, 1.54) is 87.1 Å². The first-order valence-corrected chi connectivity index (χ1v) is 30.5. The second-order valence-corrected chi connectivity index (χ2v) is 25.8. The largest absolute Gasteiger partial charge is 0.443 e. The Bertz CT molecular complexity index is 3630. The van der Waals surface area contributed by atoms with Gasteiger partial charge >= 0.3 is 6.09 Å². The number of nitrogens with one attached hydrogen (secondary N) is 4. The lowest BCUT2D eigenvalue weighted by molar-refractivity contribution is -0.122. The van der Waals surface area contributed by atoms with Gasteiger partial charge in [-0.1, -0.05) is 44.2 Å². The summed E-state index contributed by atoms with van der Waals surface area (Å²) in [6.07, 6.45) is -2.06. The molecule has 8 heterocycles. The zero-order chi connectivity index (χ0) is 57.9. The van der Waals surface area contributed by atoms with Crippen LogP contribution in [0.5, 0.6) is 0 Å². The minimum absolute atomic E-state index is 0.0288. The van der Waals surface area contributed by atoms with E-state index in [1.807, 2.05) is 19.9 Å². The van der Waals surface area contributed by atoms with E-state index in [9.17, 15) is 33.9 Å². The molecule has 5 amide bonds. The number of hydrogen-bond acceptors (Lipinski definition) is 22. The first-order valence-electron chi connectivity index (χ1n) is 25.3. The quantitative estimate of drug-likeness (QED) is 0.0899. The number of hydrogen-bond donors (Lipinski definition) is 5. The Labute approximate surface area is 489 Å². The van der Waals surface area contributed by atoms with E-state index >= 15 is 0 Å². The number of methoxy groups -OCH3 is 1. The summed E-state index contributed by atoms with van der Waals surface area (Å²) in [5.41, 5.74) is 2.29. The highest BCUT2D eigenvalue weighted by atomic mass is 32.1. The van der Waals surface area contributed by atoms with Crippen molar-refractivity contribution >= 4 is 109 Å². The molecule has 8 aromatic rings. The van der Waals surface area contributed by atoms with Crippen molar-refractivity contribution in [3.8, 4) is 43.4 Å². The van der Waals surface area contributed by atoms with Gasteiger partial charge < -0.3 is 35.8 Å². The first-order chi connectivity index (χ1) is 38.7. The zero-order valence-electron chi connectivity index (χ0n) is 45.3. The van der Waals surface area contributed by atoms with Gasteiger partial charge in [-0.3, -0.25) is 28.9 Å². The second kappa shape index (κ2) is 24.9. The molecule has 0 spiro atoms. The van der Waals surface area contributed by atoms with Gasteiger partial charge in [0.15, 0.2) is 5.78 Å². The van der Waals surface area contributed by atoms with E-state index in [0.29, 0.717) is 79.5 Å². The number of thiazole rings is 6. The molecule has 0 saturated heterocycles. The average Bonchev–Trinajstić information content (AvgIpc) is 4.40. The third-order valence-electron chi connectivity index (χ3n) is 12.6.